The molecule has 0 aliphatic carbocycles. The fraction of sp³-hybridized carbons (Fsp3) is 0.827. The number of esters is 3. The van der Waals surface area contributed by atoms with E-state index in [1.165, 1.54) is 250 Å². The van der Waals surface area contributed by atoms with Gasteiger partial charge in [0.15, 0.2) is 6.10 Å². The average Bonchev–Trinajstić information content (AvgIpc) is 3.47. The molecule has 6 heteroatoms. The highest BCUT2D eigenvalue weighted by molar-refractivity contribution is 5.71. The van der Waals surface area contributed by atoms with Crippen molar-refractivity contribution in [2.75, 3.05) is 13.2 Å². The highest BCUT2D eigenvalue weighted by atomic mass is 16.6. The number of rotatable bonds is 66. The normalized spacial score (nSPS) is 12.4. The van der Waals surface area contributed by atoms with E-state index in [9.17, 15) is 14.4 Å². The second kappa shape index (κ2) is 69.6. The molecule has 0 saturated heterocycles. The van der Waals surface area contributed by atoms with Crippen molar-refractivity contribution in [3.8, 4) is 0 Å². The first kappa shape index (κ1) is 78.1. The van der Waals surface area contributed by atoms with Crippen LogP contribution in [0.3, 0.4) is 0 Å². The molecule has 0 aromatic rings. The van der Waals surface area contributed by atoms with E-state index in [1.807, 2.05) is 0 Å². The SMILES string of the molecule is CC/C=C\C/C=C\C/C=C\CCCCCCCCCC(=O)OC(COC(=O)CCCCCCC/C=C\CCCC)COC(=O)CCCCCCCCCCCCCCCCCCCCCCCCC/C=C\CCCCCCCCCC. The van der Waals surface area contributed by atoms with Gasteiger partial charge in [-0.3, -0.25) is 14.4 Å². The van der Waals surface area contributed by atoms with Gasteiger partial charge in [0, 0.05) is 19.3 Å². The minimum Gasteiger partial charge on any atom is -0.462 e. The molecule has 1 atom stereocenters. The summed E-state index contributed by atoms with van der Waals surface area (Å²) in [7, 11) is 0. The van der Waals surface area contributed by atoms with Gasteiger partial charge in [-0.05, 0) is 96.3 Å². The lowest BCUT2D eigenvalue weighted by Gasteiger charge is -2.18. The third kappa shape index (κ3) is 67.8. The third-order valence-corrected chi connectivity index (χ3v) is 16.0. The first-order chi connectivity index (χ1) is 40.0. The zero-order valence-electron chi connectivity index (χ0n) is 54.3. The predicted octanol–water partition coefficient (Wildman–Crippen LogP) is 24.7. The Morgan fingerprint density at radius 3 is 0.802 bits per heavy atom. The van der Waals surface area contributed by atoms with E-state index in [-0.39, 0.29) is 31.1 Å². The summed E-state index contributed by atoms with van der Waals surface area (Å²) in [5.74, 6) is -0.879. The molecule has 81 heavy (non-hydrogen) atoms. The van der Waals surface area contributed by atoms with Gasteiger partial charge in [-0.25, -0.2) is 0 Å². The topological polar surface area (TPSA) is 78.9 Å². The lowest BCUT2D eigenvalue weighted by molar-refractivity contribution is -0.167. The molecule has 0 bridgehead atoms. The lowest BCUT2D eigenvalue weighted by atomic mass is 10.0. The van der Waals surface area contributed by atoms with Crippen LogP contribution in [0.1, 0.15) is 380 Å². The van der Waals surface area contributed by atoms with Crippen molar-refractivity contribution >= 4 is 17.9 Å². The summed E-state index contributed by atoms with van der Waals surface area (Å²) in [6.45, 7) is 6.52. The molecule has 0 saturated carbocycles. The summed E-state index contributed by atoms with van der Waals surface area (Å²) in [6, 6.07) is 0. The van der Waals surface area contributed by atoms with Crippen LogP contribution >= 0.6 is 0 Å². The summed E-state index contributed by atoms with van der Waals surface area (Å²) in [5, 5.41) is 0. The maximum absolute atomic E-state index is 12.9. The van der Waals surface area contributed by atoms with Crippen LogP contribution in [0.25, 0.3) is 0 Å². The molecule has 472 valence electrons. The van der Waals surface area contributed by atoms with Crippen molar-refractivity contribution in [2.24, 2.45) is 0 Å². The first-order valence-corrected chi connectivity index (χ1v) is 35.8. The highest BCUT2D eigenvalue weighted by Crippen LogP contribution is 2.18. The second-order valence-electron chi connectivity index (χ2n) is 24.1. The van der Waals surface area contributed by atoms with Gasteiger partial charge in [-0.15, -0.1) is 0 Å². The molecule has 0 aliphatic rings. The van der Waals surface area contributed by atoms with E-state index >= 15 is 0 Å². The van der Waals surface area contributed by atoms with Gasteiger partial charge in [0.2, 0.25) is 0 Å². The maximum Gasteiger partial charge on any atom is 0.306 e. The number of carbonyl (C=O) groups excluding carboxylic acids is 3. The number of hydrogen-bond donors (Lipinski definition) is 0. The fourth-order valence-corrected chi connectivity index (χ4v) is 10.6. The average molecular weight is 1130 g/mol. The monoisotopic (exact) mass is 1130 g/mol. The molecule has 0 aromatic heterocycles. The molecule has 0 spiro atoms. The number of hydrogen-bond acceptors (Lipinski definition) is 6. The molecule has 0 fully saturated rings. The fourth-order valence-electron chi connectivity index (χ4n) is 10.6. The Morgan fingerprint density at radius 2 is 0.494 bits per heavy atom. The largest absolute Gasteiger partial charge is 0.462 e. The van der Waals surface area contributed by atoms with Gasteiger partial charge in [-0.2, -0.15) is 0 Å². The van der Waals surface area contributed by atoms with Crippen molar-refractivity contribution in [2.45, 2.75) is 386 Å². The quantitative estimate of drug-likeness (QED) is 0.0261. The van der Waals surface area contributed by atoms with Crippen LogP contribution in [0.5, 0.6) is 0 Å². The molecular weight excluding hydrogens is 997 g/mol. The molecule has 6 nitrogen and oxygen atoms in total. The van der Waals surface area contributed by atoms with Crippen LogP contribution in [-0.2, 0) is 28.6 Å². The van der Waals surface area contributed by atoms with Gasteiger partial charge in [0.25, 0.3) is 0 Å². The standard InChI is InChI=1S/C75H136O6/c1-4-7-10-13-16-19-22-24-26-28-29-30-31-32-33-34-35-36-37-38-39-40-41-42-43-44-45-47-48-50-53-56-59-62-65-68-74(77)80-71-72(70-79-73(76)67-64-61-58-55-52-21-18-15-12-9-6-3)81-75(78)69-66-63-60-57-54-51-49-46-27-25-23-20-17-14-11-8-5-2/h8,11,15,17-18,20,25,27-29,72H,4-7,9-10,12-14,16,19,21-24,26,30-71H2,1-3H3/b11-8-,18-15-,20-17-,27-25-,29-28-. The van der Waals surface area contributed by atoms with Crippen LogP contribution in [0, 0.1) is 0 Å². The van der Waals surface area contributed by atoms with E-state index in [0.29, 0.717) is 19.3 Å². The Morgan fingerprint density at radius 1 is 0.259 bits per heavy atom. The number of carbonyl (C=O) groups is 3. The summed E-state index contributed by atoms with van der Waals surface area (Å²) < 4.78 is 16.9. The zero-order chi connectivity index (χ0) is 58.5. The molecule has 0 heterocycles. The minimum absolute atomic E-state index is 0.0776. The molecular formula is C75H136O6. The smallest absolute Gasteiger partial charge is 0.306 e. The number of unbranched alkanes of at least 4 members (excludes halogenated alkanes) is 45. The van der Waals surface area contributed by atoms with Crippen LogP contribution in [0.15, 0.2) is 60.8 Å². The predicted molar refractivity (Wildman–Crippen MR) is 353 cm³/mol. The van der Waals surface area contributed by atoms with E-state index < -0.39 is 6.10 Å². The second-order valence-corrected chi connectivity index (χ2v) is 24.1. The Balaban J connectivity index is 4.04. The first-order valence-electron chi connectivity index (χ1n) is 35.8. The Bertz CT molecular complexity index is 1440. The van der Waals surface area contributed by atoms with Crippen LogP contribution in [0.4, 0.5) is 0 Å². The maximum atomic E-state index is 12.9. The van der Waals surface area contributed by atoms with Crippen molar-refractivity contribution in [3.63, 3.8) is 0 Å². The highest BCUT2D eigenvalue weighted by Gasteiger charge is 2.19. The van der Waals surface area contributed by atoms with Crippen molar-refractivity contribution < 1.29 is 28.6 Å². The summed E-state index contributed by atoms with van der Waals surface area (Å²) in [5.41, 5.74) is 0. The Hall–Kier alpha value is -2.89. The summed E-state index contributed by atoms with van der Waals surface area (Å²) in [6.07, 6.45) is 90.0. The van der Waals surface area contributed by atoms with Crippen molar-refractivity contribution in [3.05, 3.63) is 60.8 Å². The van der Waals surface area contributed by atoms with E-state index in [4.69, 9.17) is 14.2 Å². The zero-order valence-corrected chi connectivity index (χ0v) is 54.3. The molecule has 0 aliphatic heterocycles. The Kier molecular flexibility index (Phi) is 67.1. The van der Waals surface area contributed by atoms with E-state index in [2.05, 4.69) is 81.5 Å². The molecule has 0 aromatic carbocycles. The molecule has 0 N–H and O–H groups in total. The van der Waals surface area contributed by atoms with Gasteiger partial charge < -0.3 is 14.2 Å². The lowest BCUT2D eigenvalue weighted by Crippen LogP contribution is -2.30. The number of allylic oxidation sites excluding steroid dienone is 10. The molecule has 0 amide bonds. The van der Waals surface area contributed by atoms with Crippen molar-refractivity contribution in [1.82, 2.24) is 0 Å². The van der Waals surface area contributed by atoms with Crippen molar-refractivity contribution in [1.29, 1.82) is 0 Å². The molecule has 0 radical (unpaired) electrons. The van der Waals surface area contributed by atoms with Crippen LogP contribution < -0.4 is 0 Å². The number of ether oxygens (including phenoxy) is 3. The van der Waals surface area contributed by atoms with Crippen LogP contribution in [0.2, 0.25) is 0 Å². The summed E-state index contributed by atoms with van der Waals surface area (Å²) >= 11 is 0. The van der Waals surface area contributed by atoms with Gasteiger partial charge >= 0.3 is 17.9 Å². The van der Waals surface area contributed by atoms with E-state index in [0.717, 1.165) is 89.9 Å². The Labute approximate surface area is 504 Å². The van der Waals surface area contributed by atoms with Gasteiger partial charge in [-0.1, -0.05) is 326 Å². The molecule has 1 unspecified atom stereocenters. The molecule has 0 rings (SSSR count). The summed E-state index contributed by atoms with van der Waals surface area (Å²) in [4.78, 5) is 38.3. The third-order valence-electron chi connectivity index (χ3n) is 16.0. The van der Waals surface area contributed by atoms with E-state index in [1.54, 1.807) is 0 Å². The van der Waals surface area contributed by atoms with Gasteiger partial charge in [0.1, 0.15) is 13.2 Å². The minimum atomic E-state index is -0.782. The van der Waals surface area contributed by atoms with Gasteiger partial charge in [0.05, 0.1) is 0 Å². The van der Waals surface area contributed by atoms with Crippen LogP contribution in [-0.4, -0.2) is 37.2 Å².